The summed E-state index contributed by atoms with van der Waals surface area (Å²) in [5.41, 5.74) is 2.70. The maximum atomic E-state index is 12.8. The zero-order chi connectivity index (χ0) is 18.6. The van der Waals surface area contributed by atoms with E-state index in [1.807, 2.05) is 36.4 Å². The Balaban J connectivity index is 1.81. The number of sulfonamides is 1. The first kappa shape index (κ1) is 18.7. The fraction of sp³-hybridized carbons (Fsp3) is 0.400. The normalized spacial score (nSPS) is 15.8. The predicted octanol–water partition coefficient (Wildman–Crippen LogP) is 3.19. The van der Waals surface area contributed by atoms with Gasteiger partial charge in [0.05, 0.1) is 16.3 Å². The Hall–Kier alpha value is -2.05. The molecule has 1 fully saturated rings. The minimum atomic E-state index is -3.60. The minimum absolute atomic E-state index is 0.292. The van der Waals surface area contributed by atoms with Gasteiger partial charge in [0, 0.05) is 26.2 Å². The molecule has 5 nitrogen and oxygen atoms in total. The fourth-order valence-corrected chi connectivity index (χ4v) is 4.32. The quantitative estimate of drug-likeness (QED) is 0.845. The Bertz CT molecular complexity index is 826. The highest BCUT2D eigenvalue weighted by atomic mass is 32.2. The summed E-state index contributed by atoms with van der Waals surface area (Å²) >= 11 is 0. The molecule has 1 saturated heterocycles. The van der Waals surface area contributed by atoms with Crippen LogP contribution in [0.1, 0.15) is 19.4 Å². The molecule has 0 amide bonds. The first-order valence-electron chi connectivity index (χ1n) is 9.21. The lowest BCUT2D eigenvalue weighted by Gasteiger charge is -2.36. The average Bonchev–Trinajstić information content (AvgIpc) is 2.68. The van der Waals surface area contributed by atoms with Gasteiger partial charge in [-0.3, -0.25) is 4.72 Å². The molecule has 6 heteroatoms. The van der Waals surface area contributed by atoms with E-state index >= 15 is 0 Å². The molecule has 0 spiro atoms. The molecule has 3 rings (SSSR count). The molecule has 0 unspecified atom stereocenters. The van der Waals surface area contributed by atoms with Crippen molar-refractivity contribution in [3.63, 3.8) is 0 Å². The van der Waals surface area contributed by atoms with Crippen LogP contribution in [0.15, 0.2) is 53.4 Å². The number of hydrogen-bond acceptors (Lipinski definition) is 4. The van der Waals surface area contributed by atoms with Gasteiger partial charge in [-0.05, 0) is 42.8 Å². The summed E-state index contributed by atoms with van der Waals surface area (Å²) in [6.45, 7) is 9.06. The van der Waals surface area contributed by atoms with Crippen LogP contribution >= 0.6 is 0 Å². The third-order valence-electron chi connectivity index (χ3n) is 4.95. The van der Waals surface area contributed by atoms with E-state index in [0.29, 0.717) is 10.6 Å². The molecule has 0 aliphatic carbocycles. The van der Waals surface area contributed by atoms with E-state index in [2.05, 4.69) is 28.4 Å². The van der Waals surface area contributed by atoms with E-state index in [0.717, 1.165) is 50.4 Å². The number of nitrogens with zero attached hydrogens (tertiary/aromatic N) is 2. The molecule has 140 valence electrons. The highest BCUT2D eigenvalue weighted by Gasteiger charge is 2.21. The van der Waals surface area contributed by atoms with Crippen molar-refractivity contribution in [3.05, 3.63) is 54.1 Å². The van der Waals surface area contributed by atoms with Crippen molar-refractivity contribution in [1.29, 1.82) is 0 Å². The van der Waals surface area contributed by atoms with Crippen molar-refractivity contribution in [1.82, 2.24) is 4.90 Å². The number of aryl methyl sites for hydroxylation is 1. The molecule has 26 heavy (non-hydrogen) atoms. The molecule has 0 radical (unpaired) electrons. The Kier molecular flexibility index (Phi) is 5.84. The average molecular weight is 374 g/mol. The van der Waals surface area contributed by atoms with Crippen LogP contribution in [0.4, 0.5) is 11.4 Å². The third-order valence-corrected chi connectivity index (χ3v) is 6.33. The van der Waals surface area contributed by atoms with Gasteiger partial charge in [0.1, 0.15) is 0 Å². The molecule has 1 heterocycles. The predicted molar refractivity (Wildman–Crippen MR) is 107 cm³/mol. The van der Waals surface area contributed by atoms with Gasteiger partial charge in [0.2, 0.25) is 0 Å². The van der Waals surface area contributed by atoms with Gasteiger partial charge in [-0.15, -0.1) is 0 Å². The molecule has 1 aliphatic heterocycles. The van der Waals surface area contributed by atoms with E-state index in [1.54, 1.807) is 12.1 Å². The molecule has 0 aromatic heterocycles. The van der Waals surface area contributed by atoms with Gasteiger partial charge in [-0.25, -0.2) is 8.42 Å². The third kappa shape index (κ3) is 4.19. The van der Waals surface area contributed by atoms with Crippen LogP contribution in [-0.2, 0) is 16.4 Å². The van der Waals surface area contributed by atoms with Crippen LogP contribution < -0.4 is 9.62 Å². The van der Waals surface area contributed by atoms with Gasteiger partial charge < -0.3 is 9.80 Å². The number of rotatable bonds is 6. The fourth-order valence-electron chi connectivity index (χ4n) is 3.25. The summed E-state index contributed by atoms with van der Waals surface area (Å²) in [6, 6.07) is 14.7. The van der Waals surface area contributed by atoms with Crippen molar-refractivity contribution in [2.75, 3.05) is 42.3 Å². The van der Waals surface area contributed by atoms with Crippen LogP contribution in [0.3, 0.4) is 0 Å². The van der Waals surface area contributed by atoms with Gasteiger partial charge in [0.25, 0.3) is 10.0 Å². The second kappa shape index (κ2) is 8.10. The largest absolute Gasteiger partial charge is 0.367 e. The van der Waals surface area contributed by atoms with E-state index in [-0.39, 0.29) is 0 Å². The molecule has 2 aromatic carbocycles. The highest BCUT2D eigenvalue weighted by molar-refractivity contribution is 7.92. The van der Waals surface area contributed by atoms with Gasteiger partial charge >= 0.3 is 0 Å². The molecule has 0 saturated carbocycles. The number of para-hydroxylation sites is 2. The van der Waals surface area contributed by atoms with Crippen LogP contribution in [-0.4, -0.2) is 46.0 Å². The lowest BCUT2D eigenvalue weighted by atomic mass is 10.2. The van der Waals surface area contributed by atoms with Crippen molar-refractivity contribution in [2.45, 2.75) is 25.2 Å². The van der Waals surface area contributed by atoms with E-state index in [1.165, 1.54) is 0 Å². The van der Waals surface area contributed by atoms with E-state index in [4.69, 9.17) is 0 Å². The SMILES string of the molecule is CCc1ccc(S(=O)(=O)Nc2ccccc2N2CCN(CC)CC2)cc1. The Morgan fingerprint density at radius 3 is 2.19 bits per heavy atom. The maximum absolute atomic E-state index is 12.8. The molecular weight excluding hydrogens is 346 g/mol. The Labute approximate surface area is 156 Å². The highest BCUT2D eigenvalue weighted by Crippen LogP contribution is 2.29. The van der Waals surface area contributed by atoms with Crippen LogP contribution in [0.25, 0.3) is 0 Å². The summed E-state index contributed by atoms with van der Waals surface area (Å²) in [6.07, 6.45) is 0.889. The van der Waals surface area contributed by atoms with Crippen LogP contribution in [0.5, 0.6) is 0 Å². The van der Waals surface area contributed by atoms with E-state index < -0.39 is 10.0 Å². The lowest BCUT2D eigenvalue weighted by Crippen LogP contribution is -2.46. The molecular formula is C20H27N3O2S. The maximum Gasteiger partial charge on any atom is 0.261 e. The van der Waals surface area contributed by atoms with Crippen molar-refractivity contribution in [2.24, 2.45) is 0 Å². The van der Waals surface area contributed by atoms with Crippen molar-refractivity contribution < 1.29 is 8.42 Å². The standard InChI is InChI=1S/C20H27N3O2S/c1-3-17-9-11-18(12-10-17)26(24,25)21-19-7-5-6-8-20(19)23-15-13-22(4-2)14-16-23/h5-12,21H,3-4,13-16H2,1-2H3. The molecule has 0 bridgehead atoms. The van der Waals surface area contributed by atoms with Crippen molar-refractivity contribution >= 4 is 21.4 Å². The second-order valence-corrected chi connectivity index (χ2v) is 8.22. The summed E-state index contributed by atoms with van der Waals surface area (Å²) in [4.78, 5) is 4.95. The molecule has 1 N–H and O–H groups in total. The number of benzene rings is 2. The summed E-state index contributed by atoms with van der Waals surface area (Å²) in [5, 5.41) is 0. The number of piperazine rings is 1. The first-order valence-corrected chi connectivity index (χ1v) is 10.7. The Morgan fingerprint density at radius 2 is 1.58 bits per heavy atom. The first-order chi connectivity index (χ1) is 12.5. The molecule has 2 aromatic rings. The smallest absolute Gasteiger partial charge is 0.261 e. The summed E-state index contributed by atoms with van der Waals surface area (Å²) in [5.74, 6) is 0. The van der Waals surface area contributed by atoms with Crippen LogP contribution in [0.2, 0.25) is 0 Å². The number of nitrogens with one attached hydrogen (secondary N) is 1. The topological polar surface area (TPSA) is 52.7 Å². The van der Waals surface area contributed by atoms with Crippen LogP contribution in [0, 0.1) is 0 Å². The monoisotopic (exact) mass is 373 g/mol. The van der Waals surface area contributed by atoms with Gasteiger partial charge in [-0.1, -0.05) is 38.1 Å². The Morgan fingerprint density at radius 1 is 0.923 bits per heavy atom. The lowest BCUT2D eigenvalue weighted by molar-refractivity contribution is 0.271. The second-order valence-electron chi connectivity index (χ2n) is 6.54. The summed E-state index contributed by atoms with van der Waals surface area (Å²) < 4.78 is 28.4. The number of hydrogen-bond donors (Lipinski definition) is 1. The van der Waals surface area contributed by atoms with Gasteiger partial charge in [0.15, 0.2) is 0 Å². The number of likely N-dealkylation sites (N-methyl/N-ethyl adjacent to an activating group) is 1. The summed E-state index contributed by atoms with van der Waals surface area (Å²) in [7, 11) is -3.60. The zero-order valence-electron chi connectivity index (χ0n) is 15.5. The van der Waals surface area contributed by atoms with Gasteiger partial charge in [-0.2, -0.15) is 0 Å². The van der Waals surface area contributed by atoms with E-state index in [9.17, 15) is 8.42 Å². The molecule has 1 aliphatic rings. The number of anilines is 2. The van der Waals surface area contributed by atoms with Crippen molar-refractivity contribution in [3.8, 4) is 0 Å². The molecule has 0 atom stereocenters. The minimum Gasteiger partial charge on any atom is -0.367 e. The zero-order valence-corrected chi connectivity index (χ0v) is 16.3.